The number of amides is 2. The fourth-order valence-electron chi connectivity index (χ4n) is 5.30. The largest absolute Gasteiger partial charge is 0.418 e. The predicted octanol–water partition coefficient (Wildman–Crippen LogP) is 4.18. The fraction of sp³-hybridized carbons (Fsp3) is 0.440. The van der Waals surface area contributed by atoms with Crippen molar-refractivity contribution in [2.24, 2.45) is 5.92 Å². The summed E-state index contributed by atoms with van der Waals surface area (Å²) < 4.78 is 97.7. The molecule has 2 aromatic heterocycles. The van der Waals surface area contributed by atoms with Crippen molar-refractivity contribution in [3.05, 3.63) is 47.3 Å². The van der Waals surface area contributed by atoms with Crippen LogP contribution in [0.15, 0.2) is 30.6 Å². The van der Waals surface area contributed by atoms with Crippen molar-refractivity contribution in [1.29, 1.82) is 0 Å². The van der Waals surface area contributed by atoms with Gasteiger partial charge in [0.15, 0.2) is 5.82 Å². The standard InChI is InChI=1S/C25H23F7N6O2/c26-8-14-2-1-12(19-6-16(25(30,31)32)20-21(33)34-11-35-38(19)20)5-15(14)22(39)36-18-10-37(9-17(18)27)23(40)13-3-4-24(28,29)7-13/h1-2,5-6,11,13,17-18H,3-4,7-10H2,(H,36,39)(H2,33,34,35)/t13?,17-,18+/m0/s1. The molecule has 8 nitrogen and oxygen atoms in total. The maximum absolute atomic E-state index is 14.8. The molecule has 1 saturated carbocycles. The van der Waals surface area contributed by atoms with E-state index in [1.165, 1.54) is 12.1 Å². The van der Waals surface area contributed by atoms with E-state index in [0.29, 0.717) is 0 Å². The van der Waals surface area contributed by atoms with Crippen LogP contribution < -0.4 is 11.1 Å². The maximum Gasteiger partial charge on any atom is 0.418 e. The van der Waals surface area contributed by atoms with Gasteiger partial charge in [0.05, 0.1) is 23.8 Å². The van der Waals surface area contributed by atoms with Gasteiger partial charge in [0, 0.05) is 36.4 Å². The molecular weight excluding hydrogens is 549 g/mol. The molecule has 2 aliphatic rings. The number of carbonyl (C=O) groups excluding carboxylic acids is 2. The molecule has 15 heteroatoms. The third-order valence-electron chi connectivity index (χ3n) is 7.31. The summed E-state index contributed by atoms with van der Waals surface area (Å²) in [6.45, 7) is -1.78. The van der Waals surface area contributed by atoms with Gasteiger partial charge in [-0.3, -0.25) is 9.59 Å². The molecule has 3 heterocycles. The van der Waals surface area contributed by atoms with Crippen molar-refractivity contribution in [3.8, 4) is 11.3 Å². The average molecular weight is 572 g/mol. The van der Waals surface area contributed by atoms with E-state index in [-0.39, 0.29) is 35.3 Å². The monoisotopic (exact) mass is 572 g/mol. The van der Waals surface area contributed by atoms with Gasteiger partial charge in [0.2, 0.25) is 11.8 Å². The molecule has 1 unspecified atom stereocenters. The van der Waals surface area contributed by atoms with E-state index in [9.17, 15) is 40.3 Å². The number of anilines is 1. The van der Waals surface area contributed by atoms with E-state index < -0.39 is 85.0 Å². The minimum absolute atomic E-state index is 0.0238. The zero-order valence-corrected chi connectivity index (χ0v) is 20.7. The van der Waals surface area contributed by atoms with Crippen LogP contribution in [-0.2, 0) is 17.6 Å². The number of rotatable bonds is 5. The number of benzene rings is 1. The summed E-state index contributed by atoms with van der Waals surface area (Å²) in [5.74, 6) is -5.87. The Balaban J connectivity index is 1.40. The quantitative estimate of drug-likeness (QED) is 0.447. The van der Waals surface area contributed by atoms with Crippen molar-refractivity contribution < 1.29 is 40.3 Å². The Morgan fingerprint density at radius 3 is 2.58 bits per heavy atom. The van der Waals surface area contributed by atoms with Crippen molar-refractivity contribution >= 4 is 23.1 Å². The summed E-state index contributed by atoms with van der Waals surface area (Å²) in [7, 11) is 0. The molecular formula is C25H23F7N6O2. The first kappa shape index (κ1) is 27.6. The third kappa shape index (κ3) is 5.04. The molecule has 0 spiro atoms. The van der Waals surface area contributed by atoms with Gasteiger partial charge in [0.25, 0.3) is 5.91 Å². The number of halogens is 7. The lowest BCUT2D eigenvalue weighted by Gasteiger charge is -2.20. The Hall–Kier alpha value is -3.91. The molecule has 1 saturated heterocycles. The molecule has 1 aliphatic carbocycles. The summed E-state index contributed by atoms with van der Waals surface area (Å²) in [6, 6.07) is 3.23. The number of hydrogen-bond donors (Lipinski definition) is 2. The predicted molar refractivity (Wildman–Crippen MR) is 128 cm³/mol. The van der Waals surface area contributed by atoms with E-state index in [2.05, 4.69) is 15.4 Å². The maximum atomic E-state index is 14.8. The van der Waals surface area contributed by atoms with Gasteiger partial charge in [-0.05, 0) is 24.1 Å². The Labute approximate surface area is 222 Å². The SMILES string of the molecule is Nc1ncnn2c(-c3ccc(CF)c(C(=O)N[C@@H]4CN(C(=O)C5CCC(F)(F)C5)C[C@@H]4F)c3)cc(C(F)(F)F)c12. The van der Waals surface area contributed by atoms with Crippen LogP contribution in [0.5, 0.6) is 0 Å². The number of nitrogen functional groups attached to an aromatic ring is 1. The summed E-state index contributed by atoms with van der Waals surface area (Å²) in [4.78, 5) is 30.5. The van der Waals surface area contributed by atoms with E-state index in [4.69, 9.17) is 5.73 Å². The van der Waals surface area contributed by atoms with E-state index in [1.807, 2.05) is 0 Å². The first-order valence-corrected chi connectivity index (χ1v) is 12.3. The van der Waals surface area contributed by atoms with Crippen LogP contribution >= 0.6 is 0 Å². The molecule has 1 aromatic carbocycles. The highest BCUT2D eigenvalue weighted by Crippen LogP contribution is 2.41. The first-order valence-electron chi connectivity index (χ1n) is 12.3. The number of hydrogen-bond acceptors (Lipinski definition) is 5. The van der Waals surface area contributed by atoms with Gasteiger partial charge in [-0.15, -0.1) is 0 Å². The molecule has 2 fully saturated rings. The Morgan fingerprint density at radius 2 is 1.93 bits per heavy atom. The van der Waals surface area contributed by atoms with Crippen LogP contribution in [0.2, 0.25) is 0 Å². The summed E-state index contributed by atoms with van der Waals surface area (Å²) in [6.07, 6.45) is -6.64. The number of nitrogens with two attached hydrogens (primary N) is 1. The van der Waals surface area contributed by atoms with Gasteiger partial charge >= 0.3 is 6.18 Å². The summed E-state index contributed by atoms with van der Waals surface area (Å²) >= 11 is 0. The number of alkyl halides is 7. The van der Waals surface area contributed by atoms with Crippen molar-refractivity contribution in [2.45, 2.75) is 50.2 Å². The van der Waals surface area contributed by atoms with Crippen LogP contribution in [0.25, 0.3) is 16.8 Å². The normalized spacial score (nSPS) is 22.7. The number of carbonyl (C=O) groups is 2. The molecule has 1 aliphatic heterocycles. The third-order valence-corrected chi connectivity index (χ3v) is 7.31. The Kier molecular flexibility index (Phi) is 6.86. The Morgan fingerprint density at radius 1 is 1.18 bits per heavy atom. The molecule has 40 heavy (non-hydrogen) atoms. The molecule has 5 rings (SSSR count). The van der Waals surface area contributed by atoms with Gasteiger partial charge in [-0.2, -0.15) is 18.3 Å². The number of aromatic nitrogens is 3. The smallest absolute Gasteiger partial charge is 0.382 e. The lowest BCUT2D eigenvalue weighted by atomic mass is 10.0. The van der Waals surface area contributed by atoms with Crippen LogP contribution in [0.4, 0.5) is 36.6 Å². The molecule has 2 amide bonds. The zero-order valence-electron chi connectivity index (χ0n) is 20.7. The second-order valence-electron chi connectivity index (χ2n) is 9.99. The number of fused-ring (bicyclic) bond motifs is 1. The second kappa shape index (κ2) is 9.93. The van der Waals surface area contributed by atoms with Crippen molar-refractivity contribution in [2.75, 3.05) is 18.8 Å². The molecule has 3 aromatic rings. The topological polar surface area (TPSA) is 106 Å². The summed E-state index contributed by atoms with van der Waals surface area (Å²) in [5.41, 5.74) is 3.64. The lowest BCUT2D eigenvalue weighted by Crippen LogP contribution is -2.42. The van der Waals surface area contributed by atoms with Crippen LogP contribution in [0, 0.1) is 5.92 Å². The highest BCUT2D eigenvalue weighted by Gasteiger charge is 2.46. The number of nitrogens with one attached hydrogen (secondary N) is 1. The average Bonchev–Trinajstić information content (AvgIpc) is 3.58. The minimum Gasteiger partial charge on any atom is -0.382 e. The molecule has 3 atom stereocenters. The minimum atomic E-state index is -4.81. The van der Waals surface area contributed by atoms with Gasteiger partial charge in [0.1, 0.15) is 24.7 Å². The highest BCUT2D eigenvalue weighted by atomic mass is 19.4. The zero-order chi connectivity index (χ0) is 29.0. The first-order chi connectivity index (χ1) is 18.8. The number of likely N-dealkylation sites (tertiary alicyclic amines) is 1. The Bertz CT molecular complexity index is 1470. The van der Waals surface area contributed by atoms with E-state index in [0.717, 1.165) is 27.9 Å². The lowest BCUT2D eigenvalue weighted by molar-refractivity contribution is -0.136. The van der Waals surface area contributed by atoms with E-state index >= 15 is 0 Å². The summed E-state index contributed by atoms with van der Waals surface area (Å²) in [5, 5.41) is 6.26. The second-order valence-corrected chi connectivity index (χ2v) is 9.99. The van der Waals surface area contributed by atoms with Crippen molar-refractivity contribution in [3.63, 3.8) is 0 Å². The molecule has 3 N–H and O–H groups in total. The molecule has 0 bridgehead atoms. The highest BCUT2D eigenvalue weighted by molar-refractivity contribution is 5.97. The van der Waals surface area contributed by atoms with Crippen LogP contribution in [-0.4, -0.2) is 62.5 Å². The van der Waals surface area contributed by atoms with Crippen molar-refractivity contribution in [1.82, 2.24) is 24.8 Å². The van der Waals surface area contributed by atoms with Gasteiger partial charge in [-0.1, -0.05) is 12.1 Å². The molecule has 0 radical (unpaired) electrons. The number of nitrogens with zero attached hydrogens (tertiary/aromatic N) is 4. The fourth-order valence-corrected chi connectivity index (χ4v) is 5.30. The van der Waals surface area contributed by atoms with Gasteiger partial charge in [-0.25, -0.2) is 27.1 Å². The van der Waals surface area contributed by atoms with Crippen LogP contribution in [0.3, 0.4) is 0 Å². The van der Waals surface area contributed by atoms with Crippen LogP contribution in [0.1, 0.15) is 40.7 Å². The molecule has 214 valence electrons. The van der Waals surface area contributed by atoms with Gasteiger partial charge < -0.3 is 16.0 Å². The van der Waals surface area contributed by atoms with E-state index in [1.54, 1.807) is 0 Å².